The molecule has 5 heteroatoms. The largest absolute Gasteiger partial charge is 0.378 e. The molecule has 0 atom stereocenters. The standard InChI is InChI=1S/C16H19BrN2OS/c1-10-3-6-12(13(17)7-10)16-19-14(9-20-2)15(21-16)8-18-11-4-5-11/h3,6-7,11,18H,4-5,8-9H2,1-2H3. The average molecular weight is 367 g/mol. The molecule has 1 aromatic carbocycles. The monoisotopic (exact) mass is 366 g/mol. The first-order valence-corrected chi connectivity index (χ1v) is 8.75. The first-order chi connectivity index (χ1) is 10.2. The summed E-state index contributed by atoms with van der Waals surface area (Å²) >= 11 is 5.41. The maximum absolute atomic E-state index is 5.29. The van der Waals surface area contributed by atoms with Crippen molar-refractivity contribution in [3.63, 3.8) is 0 Å². The van der Waals surface area contributed by atoms with E-state index in [1.54, 1.807) is 18.4 Å². The van der Waals surface area contributed by atoms with Crippen molar-refractivity contribution in [1.82, 2.24) is 10.3 Å². The van der Waals surface area contributed by atoms with E-state index in [2.05, 4.69) is 46.4 Å². The van der Waals surface area contributed by atoms with Crippen LogP contribution in [0.4, 0.5) is 0 Å². The minimum absolute atomic E-state index is 0.571. The summed E-state index contributed by atoms with van der Waals surface area (Å²) in [5.74, 6) is 0. The van der Waals surface area contributed by atoms with E-state index in [1.807, 2.05) is 0 Å². The molecular formula is C16H19BrN2OS. The van der Waals surface area contributed by atoms with Crippen LogP contribution in [0.3, 0.4) is 0 Å². The lowest BCUT2D eigenvalue weighted by atomic mass is 10.2. The zero-order valence-corrected chi connectivity index (χ0v) is 14.7. The Labute approximate surface area is 137 Å². The van der Waals surface area contributed by atoms with Gasteiger partial charge in [0, 0.05) is 34.6 Å². The number of methoxy groups -OCH3 is 1. The van der Waals surface area contributed by atoms with Gasteiger partial charge in [-0.2, -0.15) is 0 Å². The zero-order chi connectivity index (χ0) is 14.8. The third-order valence-electron chi connectivity index (χ3n) is 3.54. The highest BCUT2D eigenvalue weighted by molar-refractivity contribution is 9.10. The highest BCUT2D eigenvalue weighted by atomic mass is 79.9. The summed E-state index contributed by atoms with van der Waals surface area (Å²) in [6.07, 6.45) is 2.60. The number of hydrogen-bond acceptors (Lipinski definition) is 4. The number of ether oxygens (including phenoxy) is 1. The second kappa shape index (κ2) is 6.57. The van der Waals surface area contributed by atoms with E-state index < -0.39 is 0 Å². The maximum Gasteiger partial charge on any atom is 0.125 e. The molecule has 2 aromatic rings. The zero-order valence-electron chi connectivity index (χ0n) is 12.3. The number of nitrogens with one attached hydrogen (secondary N) is 1. The number of benzene rings is 1. The minimum atomic E-state index is 0.571. The molecule has 0 radical (unpaired) electrons. The van der Waals surface area contributed by atoms with Crippen LogP contribution in [0.5, 0.6) is 0 Å². The molecule has 0 spiro atoms. The van der Waals surface area contributed by atoms with Gasteiger partial charge in [-0.25, -0.2) is 4.98 Å². The van der Waals surface area contributed by atoms with Crippen molar-refractivity contribution in [1.29, 1.82) is 0 Å². The number of nitrogens with zero attached hydrogens (tertiary/aromatic N) is 1. The highest BCUT2D eigenvalue weighted by Gasteiger charge is 2.22. The summed E-state index contributed by atoms with van der Waals surface area (Å²) in [6.45, 7) is 3.56. The Hall–Kier alpha value is -0.750. The van der Waals surface area contributed by atoms with Gasteiger partial charge in [-0.05, 0) is 31.4 Å². The molecule has 21 heavy (non-hydrogen) atoms. The fourth-order valence-corrected chi connectivity index (χ4v) is 4.07. The number of halogens is 1. The summed E-state index contributed by atoms with van der Waals surface area (Å²) in [7, 11) is 1.72. The molecule has 112 valence electrons. The molecule has 1 heterocycles. The smallest absolute Gasteiger partial charge is 0.125 e. The Balaban J connectivity index is 1.88. The average Bonchev–Trinajstić information content (AvgIpc) is 3.19. The van der Waals surface area contributed by atoms with E-state index in [1.165, 1.54) is 23.3 Å². The number of hydrogen-bond donors (Lipinski definition) is 1. The van der Waals surface area contributed by atoms with Gasteiger partial charge in [-0.1, -0.05) is 28.1 Å². The highest BCUT2D eigenvalue weighted by Crippen LogP contribution is 2.34. The van der Waals surface area contributed by atoms with Gasteiger partial charge in [-0.15, -0.1) is 11.3 Å². The molecule has 1 aliphatic rings. The third-order valence-corrected chi connectivity index (χ3v) is 5.33. The minimum Gasteiger partial charge on any atom is -0.378 e. The van der Waals surface area contributed by atoms with Crippen LogP contribution in [0.1, 0.15) is 29.0 Å². The fourth-order valence-electron chi connectivity index (χ4n) is 2.20. The van der Waals surface area contributed by atoms with Crippen LogP contribution in [0.25, 0.3) is 10.6 Å². The van der Waals surface area contributed by atoms with E-state index in [9.17, 15) is 0 Å². The van der Waals surface area contributed by atoms with Crippen LogP contribution in [0.2, 0.25) is 0 Å². The molecule has 0 aliphatic heterocycles. The van der Waals surface area contributed by atoms with Crippen molar-refractivity contribution < 1.29 is 4.74 Å². The van der Waals surface area contributed by atoms with E-state index >= 15 is 0 Å². The van der Waals surface area contributed by atoms with Gasteiger partial charge in [0.15, 0.2) is 0 Å². The number of thiazole rings is 1. The van der Waals surface area contributed by atoms with Gasteiger partial charge >= 0.3 is 0 Å². The Kier molecular flexibility index (Phi) is 4.74. The lowest BCUT2D eigenvalue weighted by Crippen LogP contribution is -2.15. The third kappa shape index (κ3) is 3.72. The molecule has 1 N–H and O–H groups in total. The topological polar surface area (TPSA) is 34.1 Å². The van der Waals surface area contributed by atoms with Gasteiger partial charge in [0.2, 0.25) is 0 Å². The van der Waals surface area contributed by atoms with Crippen molar-refractivity contribution in [3.8, 4) is 10.6 Å². The molecule has 0 saturated heterocycles. The van der Waals surface area contributed by atoms with Crippen molar-refractivity contribution >= 4 is 27.3 Å². The predicted molar refractivity (Wildman–Crippen MR) is 90.6 cm³/mol. The van der Waals surface area contributed by atoms with Gasteiger partial charge < -0.3 is 10.1 Å². The molecule has 0 bridgehead atoms. The van der Waals surface area contributed by atoms with Crippen LogP contribution >= 0.6 is 27.3 Å². The van der Waals surface area contributed by atoms with Crippen molar-refractivity contribution in [2.75, 3.05) is 7.11 Å². The molecule has 3 nitrogen and oxygen atoms in total. The quantitative estimate of drug-likeness (QED) is 0.828. The molecule has 1 saturated carbocycles. The van der Waals surface area contributed by atoms with Crippen LogP contribution in [0, 0.1) is 6.92 Å². The van der Waals surface area contributed by atoms with E-state index in [-0.39, 0.29) is 0 Å². The van der Waals surface area contributed by atoms with Gasteiger partial charge in [0.05, 0.1) is 12.3 Å². The lowest BCUT2D eigenvalue weighted by molar-refractivity contribution is 0.181. The second-order valence-electron chi connectivity index (χ2n) is 5.46. The molecule has 1 aliphatic carbocycles. The van der Waals surface area contributed by atoms with Crippen LogP contribution in [0.15, 0.2) is 22.7 Å². The van der Waals surface area contributed by atoms with Crippen molar-refractivity contribution in [3.05, 3.63) is 38.8 Å². The fraction of sp³-hybridized carbons (Fsp3) is 0.438. The van der Waals surface area contributed by atoms with Crippen molar-refractivity contribution in [2.45, 2.75) is 39.0 Å². The normalized spacial score (nSPS) is 14.6. The summed E-state index contributed by atoms with van der Waals surface area (Å²) in [4.78, 5) is 6.07. The van der Waals surface area contributed by atoms with E-state index in [0.29, 0.717) is 12.6 Å². The summed E-state index contributed by atoms with van der Waals surface area (Å²) in [5, 5.41) is 4.62. The summed E-state index contributed by atoms with van der Waals surface area (Å²) in [5.41, 5.74) is 3.45. The molecule has 3 rings (SSSR count). The van der Waals surface area contributed by atoms with Crippen molar-refractivity contribution in [2.24, 2.45) is 0 Å². The first kappa shape index (κ1) is 15.2. The summed E-state index contributed by atoms with van der Waals surface area (Å²) in [6, 6.07) is 7.10. The van der Waals surface area contributed by atoms with Crippen LogP contribution < -0.4 is 5.32 Å². The van der Waals surface area contributed by atoms with Gasteiger partial charge in [-0.3, -0.25) is 0 Å². The molecule has 1 fully saturated rings. The SMILES string of the molecule is COCc1nc(-c2ccc(C)cc2Br)sc1CNC1CC1. The Morgan fingerprint density at radius 2 is 2.24 bits per heavy atom. The van der Waals surface area contributed by atoms with Gasteiger partial charge in [0.1, 0.15) is 5.01 Å². The number of aromatic nitrogens is 1. The van der Waals surface area contributed by atoms with Crippen LogP contribution in [-0.4, -0.2) is 18.1 Å². The Bertz CT molecular complexity index is 637. The molecular weight excluding hydrogens is 348 g/mol. The predicted octanol–water partition coefficient (Wildman–Crippen LogP) is 4.28. The molecule has 0 unspecified atom stereocenters. The second-order valence-corrected chi connectivity index (χ2v) is 7.40. The summed E-state index contributed by atoms with van der Waals surface area (Å²) < 4.78 is 6.39. The Morgan fingerprint density at radius 1 is 1.43 bits per heavy atom. The van der Waals surface area contributed by atoms with Crippen LogP contribution in [-0.2, 0) is 17.9 Å². The number of aryl methyl sites for hydroxylation is 1. The molecule has 0 amide bonds. The van der Waals surface area contributed by atoms with E-state index in [0.717, 1.165) is 27.3 Å². The maximum atomic E-state index is 5.29. The number of rotatable bonds is 6. The Morgan fingerprint density at radius 3 is 2.90 bits per heavy atom. The molecule has 1 aromatic heterocycles. The first-order valence-electron chi connectivity index (χ1n) is 7.15. The van der Waals surface area contributed by atoms with Gasteiger partial charge in [0.25, 0.3) is 0 Å². The lowest BCUT2D eigenvalue weighted by Gasteiger charge is -2.02. The van der Waals surface area contributed by atoms with E-state index in [4.69, 9.17) is 9.72 Å².